The number of hydrogen-bond acceptors (Lipinski definition) is 5. The van der Waals surface area contributed by atoms with E-state index in [-0.39, 0.29) is 24.4 Å². The van der Waals surface area contributed by atoms with E-state index in [1.807, 2.05) is 37.3 Å². The zero-order valence-corrected chi connectivity index (χ0v) is 16.3. The molecule has 0 aliphatic heterocycles. The van der Waals surface area contributed by atoms with Crippen molar-refractivity contribution in [2.75, 3.05) is 11.5 Å². The van der Waals surface area contributed by atoms with Crippen LogP contribution < -0.4 is 4.90 Å². The third kappa shape index (κ3) is 4.21. The van der Waals surface area contributed by atoms with Crippen molar-refractivity contribution in [1.82, 2.24) is 4.98 Å². The maximum absolute atomic E-state index is 12.9. The fourth-order valence-electron chi connectivity index (χ4n) is 3.45. The van der Waals surface area contributed by atoms with E-state index in [0.717, 1.165) is 36.9 Å². The number of aromatic nitrogens is 1. The summed E-state index contributed by atoms with van der Waals surface area (Å²) in [4.78, 5) is 32.6. The highest BCUT2D eigenvalue weighted by atomic mass is 32.1. The van der Waals surface area contributed by atoms with Gasteiger partial charge in [0.25, 0.3) is 5.91 Å². The number of hydrogen-bond donors (Lipinski definition) is 0. The lowest BCUT2D eigenvalue weighted by Gasteiger charge is -2.20. The van der Waals surface area contributed by atoms with E-state index < -0.39 is 0 Å². The van der Waals surface area contributed by atoms with Gasteiger partial charge in [0.1, 0.15) is 0 Å². The number of aryl methyl sites for hydroxylation is 2. The summed E-state index contributed by atoms with van der Waals surface area (Å²) in [6.07, 6.45) is 5.21. The molecule has 1 fully saturated rings. The van der Waals surface area contributed by atoms with Gasteiger partial charge in [-0.2, -0.15) is 0 Å². The SMILES string of the molecule is C[C@H]1C[C@H]1C(=O)OCC(=O)N(Cc1ccccc1)c1nc2c(s1)CCCC2. The zero-order valence-electron chi connectivity index (χ0n) is 15.5. The van der Waals surface area contributed by atoms with Crippen LogP contribution in [0.25, 0.3) is 0 Å². The number of ether oxygens (including phenoxy) is 1. The van der Waals surface area contributed by atoms with Gasteiger partial charge in [0.15, 0.2) is 11.7 Å². The Bertz CT molecular complexity index is 810. The van der Waals surface area contributed by atoms with Crippen molar-refractivity contribution in [2.45, 2.75) is 45.6 Å². The van der Waals surface area contributed by atoms with Gasteiger partial charge in [-0.25, -0.2) is 4.98 Å². The molecule has 2 aromatic rings. The average molecular weight is 385 g/mol. The lowest BCUT2D eigenvalue weighted by molar-refractivity contribution is -0.149. The van der Waals surface area contributed by atoms with Gasteiger partial charge in [-0.3, -0.25) is 14.5 Å². The van der Waals surface area contributed by atoms with Crippen molar-refractivity contribution >= 4 is 28.3 Å². The Morgan fingerprint density at radius 1 is 1.22 bits per heavy atom. The summed E-state index contributed by atoms with van der Waals surface area (Å²) >= 11 is 1.60. The van der Waals surface area contributed by atoms with Crippen LogP contribution in [0.2, 0.25) is 0 Å². The Morgan fingerprint density at radius 2 is 1.96 bits per heavy atom. The van der Waals surface area contributed by atoms with Gasteiger partial charge in [-0.05, 0) is 43.6 Å². The first kappa shape index (κ1) is 18.2. The summed E-state index contributed by atoms with van der Waals surface area (Å²) in [5.74, 6) is -0.133. The van der Waals surface area contributed by atoms with Crippen molar-refractivity contribution in [3.8, 4) is 0 Å². The van der Waals surface area contributed by atoms with Crippen LogP contribution in [-0.2, 0) is 33.7 Å². The van der Waals surface area contributed by atoms with Gasteiger partial charge in [0.05, 0.1) is 18.2 Å². The first-order valence-electron chi connectivity index (χ1n) is 9.61. The molecule has 0 saturated heterocycles. The molecule has 5 nitrogen and oxygen atoms in total. The number of rotatable bonds is 6. The first-order chi connectivity index (χ1) is 13.1. The second-order valence-corrected chi connectivity index (χ2v) is 8.53. The van der Waals surface area contributed by atoms with Crippen molar-refractivity contribution in [3.63, 3.8) is 0 Å². The minimum Gasteiger partial charge on any atom is -0.455 e. The number of anilines is 1. The fourth-order valence-corrected chi connectivity index (χ4v) is 4.62. The normalized spacial score (nSPS) is 20.6. The van der Waals surface area contributed by atoms with Gasteiger partial charge in [0, 0.05) is 4.88 Å². The molecule has 2 atom stereocenters. The molecule has 0 spiro atoms. The highest BCUT2D eigenvalue weighted by Crippen LogP contribution is 2.38. The first-order valence-corrected chi connectivity index (χ1v) is 10.4. The molecule has 6 heteroatoms. The molecule has 2 aliphatic rings. The number of benzene rings is 1. The van der Waals surface area contributed by atoms with E-state index in [1.54, 1.807) is 16.2 Å². The quantitative estimate of drug-likeness (QED) is 0.712. The van der Waals surface area contributed by atoms with E-state index in [0.29, 0.717) is 17.6 Å². The Balaban J connectivity index is 1.51. The van der Waals surface area contributed by atoms with E-state index in [1.165, 1.54) is 11.3 Å². The van der Waals surface area contributed by atoms with Crippen LogP contribution in [-0.4, -0.2) is 23.5 Å². The molecule has 1 aromatic heterocycles. The molecule has 27 heavy (non-hydrogen) atoms. The van der Waals surface area contributed by atoms with Crippen molar-refractivity contribution < 1.29 is 14.3 Å². The predicted molar refractivity (Wildman–Crippen MR) is 105 cm³/mol. The van der Waals surface area contributed by atoms with Crippen LogP contribution in [0, 0.1) is 11.8 Å². The Labute approximate surface area is 163 Å². The molecule has 1 saturated carbocycles. The van der Waals surface area contributed by atoms with E-state index >= 15 is 0 Å². The largest absolute Gasteiger partial charge is 0.455 e. The summed E-state index contributed by atoms with van der Waals surface area (Å²) in [6.45, 7) is 2.23. The van der Waals surface area contributed by atoms with Crippen LogP contribution in [0.3, 0.4) is 0 Å². The molecule has 4 rings (SSSR count). The van der Waals surface area contributed by atoms with Crippen LogP contribution in [0.1, 0.15) is 42.3 Å². The van der Waals surface area contributed by atoms with Crippen molar-refractivity contribution in [1.29, 1.82) is 0 Å². The zero-order chi connectivity index (χ0) is 18.8. The Morgan fingerprint density at radius 3 is 2.67 bits per heavy atom. The standard InChI is InChI=1S/C21H24N2O3S/c1-14-11-16(14)20(25)26-13-19(24)23(12-15-7-3-2-4-8-15)21-22-17-9-5-6-10-18(17)27-21/h2-4,7-8,14,16H,5-6,9-13H2,1H3/t14-,16+/m0/s1. The molecular formula is C21H24N2O3S. The minimum atomic E-state index is -0.256. The van der Waals surface area contributed by atoms with E-state index in [9.17, 15) is 9.59 Å². The topological polar surface area (TPSA) is 59.5 Å². The van der Waals surface area contributed by atoms with E-state index in [2.05, 4.69) is 0 Å². The summed E-state index contributed by atoms with van der Waals surface area (Å²) in [5.41, 5.74) is 2.15. The number of thiazole rings is 1. The molecule has 0 bridgehead atoms. The number of carbonyl (C=O) groups is 2. The number of fused-ring (bicyclic) bond motifs is 1. The maximum atomic E-state index is 12.9. The summed E-state index contributed by atoms with van der Waals surface area (Å²) < 4.78 is 5.29. The third-order valence-electron chi connectivity index (χ3n) is 5.30. The van der Waals surface area contributed by atoms with Crippen LogP contribution >= 0.6 is 11.3 Å². The number of carbonyl (C=O) groups excluding carboxylic acids is 2. The maximum Gasteiger partial charge on any atom is 0.309 e. The minimum absolute atomic E-state index is 0.0347. The molecule has 0 radical (unpaired) electrons. The van der Waals surface area contributed by atoms with Gasteiger partial charge >= 0.3 is 5.97 Å². The van der Waals surface area contributed by atoms with Gasteiger partial charge < -0.3 is 4.74 Å². The highest BCUT2D eigenvalue weighted by Gasteiger charge is 2.41. The highest BCUT2D eigenvalue weighted by molar-refractivity contribution is 7.15. The second-order valence-electron chi connectivity index (χ2n) is 7.47. The molecule has 1 amide bonds. The summed E-state index contributed by atoms with van der Waals surface area (Å²) in [5, 5.41) is 0.714. The molecule has 1 heterocycles. The molecule has 0 N–H and O–H groups in total. The fraction of sp³-hybridized carbons (Fsp3) is 0.476. The smallest absolute Gasteiger partial charge is 0.309 e. The average Bonchev–Trinajstić information content (AvgIpc) is 3.27. The molecule has 142 valence electrons. The van der Waals surface area contributed by atoms with Gasteiger partial charge in [-0.1, -0.05) is 37.3 Å². The molecule has 0 unspecified atom stereocenters. The monoisotopic (exact) mass is 384 g/mol. The van der Waals surface area contributed by atoms with Crippen molar-refractivity contribution in [3.05, 3.63) is 46.5 Å². The lowest BCUT2D eigenvalue weighted by Crippen LogP contribution is -2.34. The Hall–Kier alpha value is -2.21. The Kier molecular flexibility index (Phi) is 5.25. The molecule has 1 aromatic carbocycles. The number of amides is 1. The predicted octanol–water partition coefficient (Wildman–Crippen LogP) is 3.75. The third-order valence-corrected chi connectivity index (χ3v) is 6.48. The number of nitrogens with zero attached hydrogens (tertiary/aromatic N) is 2. The van der Waals surface area contributed by atoms with Gasteiger partial charge in [-0.15, -0.1) is 11.3 Å². The lowest BCUT2D eigenvalue weighted by atomic mass is 10.0. The van der Waals surface area contributed by atoms with Crippen LogP contribution in [0.5, 0.6) is 0 Å². The molecular weight excluding hydrogens is 360 g/mol. The van der Waals surface area contributed by atoms with Crippen LogP contribution in [0.15, 0.2) is 30.3 Å². The van der Waals surface area contributed by atoms with Crippen LogP contribution in [0.4, 0.5) is 5.13 Å². The number of esters is 1. The summed E-state index contributed by atoms with van der Waals surface area (Å²) in [7, 11) is 0. The van der Waals surface area contributed by atoms with Gasteiger partial charge in [0.2, 0.25) is 0 Å². The molecule has 2 aliphatic carbocycles. The second kappa shape index (κ2) is 7.80. The van der Waals surface area contributed by atoms with Crippen molar-refractivity contribution in [2.24, 2.45) is 11.8 Å². The van der Waals surface area contributed by atoms with E-state index in [4.69, 9.17) is 9.72 Å². The summed E-state index contributed by atoms with van der Waals surface area (Å²) in [6, 6.07) is 9.85.